The van der Waals surface area contributed by atoms with Gasteiger partial charge in [-0.3, -0.25) is 0 Å². The van der Waals surface area contributed by atoms with E-state index in [2.05, 4.69) is 96.0 Å². The van der Waals surface area contributed by atoms with Crippen LogP contribution in [0.25, 0.3) is 11.1 Å². The minimum atomic E-state index is 0.128. The van der Waals surface area contributed by atoms with Crippen LogP contribution in [0.15, 0.2) is 45.3 Å². The molecule has 0 nitrogen and oxygen atoms in total. The summed E-state index contributed by atoms with van der Waals surface area (Å²) in [5.41, 5.74) is 6.69. The van der Waals surface area contributed by atoms with Gasteiger partial charge >= 0.3 is 0 Å². The Labute approximate surface area is 162 Å². The predicted octanol–water partition coefficient (Wildman–Crippen LogP) is 7.71. The molecular weight excluding hydrogens is 424 g/mol. The molecule has 0 aliphatic heterocycles. The lowest BCUT2D eigenvalue weighted by Gasteiger charge is -2.51. The number of halogens is 2. The van der Waals surface area contributed by atoms with Gasteiger partial charge in [0.1, 0.15) is 0 Å². The van der Waals surface area contributed by atoms with Crippen molar-refractivity contribution < 1.29 is 0 Å². The summed E-state index contributed by atoms with van der Waals surface area (Å²) < 4.78 is 2.38. The first-order chi connectivity index (χ1) is 11.1. The lowest BCUT2D eigenvalue weighted by atomic mass is 9.52. The second-order valence-electron chi connectivity index (χ2n) is 9.32. The summed E-state index contributed by atoms with van der Waals surface area (Å²) in [4.78, 5) is 0. The van der Waals surface area contributed by atoms with Crippen molar-refractivity contribution in [2.24, 2.45) is 10.8 Å². The molecule has 2 aromatic rings. The number of hydrogen-bond acceptors (Lipinski definition) is 0. The molecule has 126 valence electrons. The Kier molecular flexibility index (Phi) is 3.65. The molecule has 0 N–H and O–H groups in total. The average molecular weight is 448 g/mol. The first kappa shape index (κ1) is 16.8. The lowest BCUT2D eigenvalue weighted by Crippen LogP contribution is -2.43. The second kappa shape index (κ2) is 5.20. The van der Waals surface area contributed by atoms with Crippen LogP contribution < -0.4 is 0 Å². The maximum atomic E-state index is 3.72. The third kappa shape index (κ3) is 2.52. The zero-order valence-corrected chi connectivity index (χ0v) is 18.0. The quantitative estimate of drug-likeness (QED) is 0.387. The molecule has 2 aromatic carbocycles. The standard InChI is InChI=1S/C22H24Br2/c1-20(2)11-21(3,4)13-22(12-20)18-9-14(23)5-7-16(18)17-8-6-15(24)10-19(17)22/h5-10H,11-13H2,1-4H3. The first-order valence-corrected chi connectivity index (χ1v) is 10.3. The van der Waals surface area contributed by atoms with Gasteiger partial charge in [0.05, 0.1) is 0 Å². The van der Waals surface area contributed by atoms with Gasteiger partial charge in [0.25, 0.3) is 0 Å². The molecule has 0 amide bonds. The third-order valence-electron chi connectivity index (χ3n) is 5.80. The zero-order chi connectivity index (χ0) is 17.3. The predicted molar refractivity (Wildman–Crippen MR) is 109 cm³/mol. The molecule has 0 aromatic heterocycles. The maximum absolute atomic E-state index is 3.72. The summed E-state index contributed by atoms with van der Waals surface area (Å²) in [6.07, 6.45) is 3.72. The van der Waals surface area contributed by atoms with Crippen molar-refractivity contribution in [2.45, 2.75) is 52.4 Å². The highest BCUT2D eigenvalue weighted by molar-refractivity contribution is 9.10. The molecular formula is C22H24Br2. The summed E-state index contributed by atoms with van der Waals surface area (Å²) in [7, 11) is 0. The smallest absolute Gasteiger partial charge is 0.0226 e. The molecule has 0 radical (unpaired) electrons. The van der Waals surface area contributed by atoms with E-state index in [1.807, 2.05) is 0 Å². The summed E-state index contributed by atoms with van der Waals surface area (Å²) in [5.74, 6) is 0. The van der Waals surface area contributed by atoms with Crippen LogP contribution in [-0.2, 0) is 5.41 Å². The van der Waals surface area contributed by atoms with Crippen molar-refractivity contribution in [3.8, 4) is 11.1 Å². The van der Waals surface area contributed by atoms with Crippen LogP contribution >= 0.6 is 31.9 Å². The lowest BCUT2D eigenvalue weighted by molar-refractivity contribution is 0.0645. The van der Waals surface area contributed by atoms with E-state index in [0.29, 0.717) is 10.8 Å². The molecule has 2 aliphatic carbocycles. The SMILES string of the molecule is CC1(C)CC(C)(C)CC2(C1)c1cc(Br)ccc1-c1ccc(Br)cc12. The van der Waals surface area contributed by atoms with Crippen molar-refractivity contribution >= 4 is 31.9 Å². The fourth-order valence-electron chi connectivity index (χ4n) is 5.94. The van der Waals surface area contributed by atoms with Crippen molar-refractivity contribution in [1.82, 2.24) is 0 Å². The number of fused-ring (bicyclic) bond motifs is 5. The van der Waals surface area contributed by atoms with Crippen molar-refractivity contribution in [3.63, 3.8) is 0 Å². The monoisotopic (exact) mass is 446 g/mol. The van der Waals surface area contributed by atoms with Crippen LogP contribution in [0.5, 0.6) is 0 Å². The molecule has 0 unspecified atom stereocenters. The highest BCUT2D eigenvalue weighted by Gasteiger charge is 2.53. The van der Waals surface area contributed by atoms with E-state index < -0.39 is 0 Å². The fraction of sp³-hybridized carbons (Fsp3) is 0.455. The zero-order valence-electron chi connectivity index (χ0n) is 14.8. The first-order valence-electron chi connectivity index (χ1n) is 8.73. The van der Waals surface area contributed by atoms with Crippen molar-refractivity contribution in [1.29, 1.82) is 0 Å². The van der Waals surface area contributed by atoms with Crippen molar-refractivity contribution in [3.05, 3.63) is 56.5 Å². The maximum Gasteiger partial charge on any atom is 0.0226 e. The van der Waals surface area contributed by atoms with Crippen LogP contribution in [0.3, 0.4) is 0 Å². The molecule has 0 atom stereocenters. The summed E-state index contributed by atoms with van der Waals surface area (Å²) in [6, 6.07) is 13.7. The minimum Gasteiger partial charge on any atom is -0.0598 e. The van der Waals surface area contributed by atoms with Gasteiger partial charge in [-0.15, -0.1) is 0 Å². The average Bonchev–Trinajstić information content (AvgIpc) is 2.65. The third-order valence-corrected chi connectivity index (χ3v) is 6.79. The molecule has 0 saturated heterocycles. The van der Waals surface area contributed by atoms with Crippen LogP contribution in [0, 0.1) is 10.8 Å². The van der Waals surface area contributed by atoms with E-state index in [1.54, 1.807) is 0 Å². The summed E-state index contributed by atoms with van der Waals surface area (Å²) in [5, 5.41) is 0. The van der Waals surface area contributed by atoms with E-state index in [9.17, 15) is 0 Å². The van der Waals surface area contributed by atoms with Crippen LogP contribution in [-0.4, -0.2) is 0 Å². The summed E-state index contributed by atoms with van der Waals surface area (Å²) in [6.45, 7) is 9.79. The van der Waals surface area contributed by atoms with E-state index in [4.69, 9.17) is 0 Å². The second-order valence-corrected chi connectivity index (χ2v) is 11.2. The molecule has 1 fully saturated rings. The molecule has 4 rings (SSSR count). The molecule has 2 aliphatic rings. The van der Waals surface area contributed by atoms with Gasteiger partial charge in [-0.25, -0.2) is 0 Å². The van der Waals surface area contributed by atoms with E-state index in [-0.39, 0.29) is 5.41 Å². The topological polar surface area (TPSA) is 0 Å². The van der Waals surface area contributed by atoms with Gasteiger partial charge in [-0.05, 0) is 76.6 Å². The van der Waals surface area contributed by atoms with Crippen LogP contribution in [0.4, 0.5) is 0 Å². The van der Waals surface area contributed by atoms with Gasteiger partial charge in [0.15, 0.2) is 0 Å². The van der Waals surface area contributed by atoms with Gasteiger partial charge in [-0.2, -0.15) is 0 Å². The molecule has 1 spiro atoms. The van der Waals surface area contributed by atoms with Gasteiger partial charge < -0.3 is 0 Å². The number of rotatable bonds is 0. The Balaban J connectivity index is 2.04. The van der Waals surface area contributed by atoms with Crippen molar-refractivity contribution in [2.75, 3.05) is 0 Å². The molecule has 2 heteroatoms. The van der Waals surface area contributed by atoms with Gasteiger partial charge in [-0.1, -0.05) is 71.7 Å². The molecule has 1 saturated carbocycles. The molecule has 0 heterocycles. The molecule has 0 bridgehead atoms. The Morgan fingerprint density at radius 3 is 1.50 bits per heavy atom. The van der Waals surface area contributed by atoms with E-state index in [1.165, 1.54) is 50.5 Å². The highest BCUT2D eigenvalue weighted by Crippen LogP contribution is 2.63. The molecule has 24 heavy (non-hydrogen) atoms. The number of hydrogen-bond donors (Lipinski definition) is 0. The Morgan fingerprint density at radius 2 is 1.08 bits per heavy atom. The van der Waals surface area contributed by atoms with Gasteiger partial charge in [0, 0.05) is 14.4 Å². The van der Waals surface area contributed by atoms with E-state index in [0.717, 1.165) is 0 Å². The largest absolute Gasteiger partial charge is 0.0598 e. The fourth-order valence-corrected chi connectivity index (χ4v) is 6.66. The highest BCUT2D eigenvalue weighted by atomic mass is 79.9. The van der Waals surface area contributed by atoms with E-state index >= 15 is 0 Å². The Morgan fingerprint density at radius 1 is 0.667 bits per heavy atom. The normalized spacial score (nSPS) is 22.2. The van der Waals surface area contributed by atoms with Crippen LogP contribution in [0.1, 0.15) is 58.1 Å². The Bertz CT molecular complexity index is 760. The van der Waals surface area contributed by atoms with Crippen LogP contribution in [0.2, 0.25) is 0 Å². The Hall–Kier alpha value is -0.600. The number of benzene rings is 2. The minimum absolute atomic E-state index is 0.128. The van der Waals surface area contributed by atoms with Gasteiger partial charge in [0.2, 0.25) is 0 Å². The summed E-state index contributed by atoms with van der Waals surface area (Å²) >= 11 is 7.44.